The third kappa shape index (κ3) is 14.1. The predicted molar refractivity (Wildman–Crippen MR) is 299 cm³/mol. The van der Waals surface area contributed by atoms with E-state index in [1.807, 2.05) is 43.3 Å². The lowest BCUT2D eigenvalue weighted by molar-refractivity contribution is -0.142. The minimum Gasteiger partial charge on any atom is -0.371 e. The molecule has 0 bridgehead atoms. The second-order valence-corrected chi connectivity index (χ2v) is 19.5. The molecule has 9 aromatic rings. The monoisotopic (exact) mass is 1100 g/mol. The number of ether oxygens (including phenoxy) is 3. The number of nitrogens with zero attached hydrogens (tertiary/aromatic N) is 3. The summed E-state index contributed by atoms with van der Waals surface area (Å²) in [5.41, 5.74) is 6.22. The first-order valence-electron chi connectivity index (χ1n) is 25.8. The number of benzene rings is 6. The number of para-hydroxylation sites is 2. The number of aromatic nitrogens is 3. The number of rotatable bonds is 9. The Morgan fingerprint density at radius 1 is 0.494 bits per heavy atom. The average Bonchev–Trinajstić information content (AvgIpc) is 3.54. The van der Waals surface area contributed by atoms with Gasteiger partial charge in [-0.25, -0.2) is 9.97 Å². The zero-order valence-electron chi connectivity index (χ0n) is 42.8. The van der Waals surface area contributed by atoms with Gasteiger partial charge in [-0.05, 0) is 115 Å². The van der Waals surface area contributed by atoms with E-state index in [0.29, 0.717) is 31.0 Å². The number of fused-ring (bicyclic) bond motifs is 3. The fourth-order valence-corrected chi connectivity index (χ4v) is 9.56. The number of hydrogen-bond acceptors (Lipinski definition) is 12. The quantitative estimate of drug-likeness (QED) is 0.0767. The highest BCUT2D eigenvalue weighted by Crippen LogP contribution is 2.40. The van der Waals surface area contributed by atoms with E-state index in [2.05, 4.69) is 120 Å². The van der Waals surface area contributed by atoms with E-state index in [0.717, 1.165) is 113 Å². The second kappa shape index (κ2) is 24.7. The van der Waals surface area contributed by atoms with Crippen LogP contribution < -0.4 is 31.9 Å². The van der Waals surface area contributed by atoms with Crippen molar-refractivity contribution < 1.29 is 40.6 Å². The van der Waals surface area contributed by atoms with Crippen LogP contribution in [0, 0.1) is 6.92 Å². The van der Waals surface area contributed by atoms with Crippen LogP contribution in [0.4, 0.5) is 60.6 Å². The van der Waals surface area contributed by atoms with Gasteiger partial charge < -0.3 is 46.1 Å². The third-order valence-corrected chi connectivity index (χ3v) is 13.6. The fourth-order valence-electron chi connectivity index (χ4n) is 9.38. The van der Waals surface area contributed by atoms with Crippen LogP contribution in [0.5, 0.6) is 0 Å². The lowest BCUT2D eigenvalue weighted by Gasteiger charge is -2.24. The summed E-state index contributed by atoms with van der Waals surface area (Å²) in [5, 5.41) is 22.4. The summed E-state index contributed by atoms with van der Waals surface area (Å²) in [6.45, 7) is 9.10. The van der Waals surface area contributed by atoms with E-state index in [1.165, 1.54) is 17.2 Å². The smallest absolute Gasteiger partial charge is 0.371 e. The molecule has 12 rings (SSSR count). The van der Waals surface area contributed by atoms with Crippen LogP contribution in [-0.2, 0) is 26.6 Å². The molecular weight excluding hydrogens is 1040 g/mol. The molecule has 3 aliphatic heterocycles. The lowest BCUT2D eigenvalue weighted by atomic mass is 10.1. The van der Waals surface area contributed by atoms with Crippen LogP contribution in [0.3, 0.4) is 0 Å². The maximum absolute atomic E-state index is 13.4. The highest BCUT2D eigenvalue weighted by Gasteiger charge is 2.37. The summed E-state index contributed by atoms with van der Waals surface area (Å²) >= 11 is 6.01. The van der Waals surface area contributed by atoms with Gasteiger partial charge in [0.25, 0.3) is 0 Å². The molecule has 408 valence electrons. The Hall–Kier alpha value is -7.42. The van der Waals surface area contributed by atoms with Gasteiger partial charge in [0.15, 0.2) is 0 Å². The molecule has 0 aliphatic carbocycles. The molecule has 3 fully saturated rings. The number of nitrogens with one attached hydrogen (secondary N) is 6. The van der Waals surface area contributed by atoms with Gasteiger partial charge in [0, 0.05) is 83.2 Å². The lowest BCUT2D eigenvalue weighted by Crippen LogP contribution is -2.33. The Morgan fingerprint density at radius 3 is 1.56 bits per heavy atom. The average molecular weight is 1100 g/mol. The minimum absolute atomic E-state index is 0.0632. The van der Waals surface area contributed by atoms with E-state index < -0.39 is 29.1 Å². The molecule has 12 nitrogen and oxygen atoms in total. The summed E-state index contributed by atoms with van der Waals surface area (Å²) in [7, 11) is 0. The highest BCUT2D eigenvalue weighted by molar-refractivity contribution is 6.31. The Labute approximate surface area is 457 Å². The number of hydrogen-bond donors (Lipinski definition) is 6. The van der Waals surface area contributed by atoms with Crippen LogP contribution in [0.15, 0.2) is 158 Å². The number of pyridine rings is 3. The third-order valence-electron chi connectivity index (χ3n) is 13.4. The van der Waals surface area contributed by atoms with Crippen LogP contribution in [0.25, 0.3) is 32.7 Å². The van der Waals surface area contributed by atoms with Crippen molar-refractivity contribution in [2.24, 2.45) is 0 Å². The molecule has 3 atom stereocenters. The van der Waals surface area contributed by atoms with Crippen molar-refractivity contribution in [3.8, 4) is 0 Å². The van der Waals surface area contributed by atoms with E-state index in [1.54, 1.807) is 24.3 Å². The van der Waals surface area contributed by atoms with Gasteiger partial charge in [-0.15, -0.1) is 0 Å². The van der Waals surface area contributed by atoms with Gasteiger partial charge in [-0.2, -0.15) is 26.3 Å². The summed E-state index contributed by atoms with van der Waals surface area (Å²) in [6.07, 6.45) is -9.61. The normalized spacial score (nSPS) is 17.7. The molecule has 0 unspecified atom stereocenters. The molecule has 0 amide bonds. The topological polar surface area (TPSA) is 139 Å². The fraction of sp³-hybridized carbons (Fsp3) is 0.250. The highest BCUT2D eigenvalue weighted by atomic mass is 35.5. The maximum Gasteiger partial charge on any atom is 0.433 e. The first-order valence-corrected chi connectivity index (χ1v) is 26.2. The van der Waals surface area contributed by atoms with Crippen LogP contribution in [-0.4, -0.2) is 74.0 Å². The van der Waals surface area contributed by atoms with Crippen molar-refractivity contribution in [2.45, 2.75) is 37.6 Å². The molecule has 0 spiro atoms. The van der Waals surface area contributed by atoms with Crippen molar-refractivity contribution in [3.63, 3.8) is 0 Å². The standard InChI is InChI=1S/C21H17F6N3O.C20H21N3O.C19H18ClN3O/c22-20(23,24)15-3-1-2-14-16(10-18(21(25,26)27)30-19(14)15)29-13-6-4-12(5-7-13)17-11-28-8-9-31-17;1-14-5-6-16-3-2-4-18(20(16)22-14)23-17-9-7-15(8-10-17)19-13-21-11-12-24-19;20-15-4-7-17-14(11-15)3-8-19(23-17)22-16-5-1-13(2-6-16)18-12-21-9-10-24-18/h1-7,10,17,28H,8-9,11H2,(H,29,30);2-10,19,21,23H,11-13H2,1H3;1-8,11,18,21H,9-10,12H2,(H,22,23)/t17-;19-;18-/m111/s1. The number of halogens is 7. The molecule has 0 radical (unpaired) electrons. The van der Waals surface area contributed by atoms with E-state index in [4.69, 9.17) is 25.8 Å². The molecule has 6 aromatic carbocycles. The Morgan fingerprint density at radius 2 is 1.03 bits per heavy atom. The first kappa shape index (κ1) is 54.9. The molecule has 3 saturated heterocycles. The number of alkyl halides is 6. The second-order valence-electron chi connectivity index (χ2n) is 19.0. The SMILES string of the molecule is Cc1ccc2cccc(Nc3ccc([C@H]4CNCCO4)cc3)c2n1.Clc1ccc2nc(Nc3ccc([C@H]4CNCCO4)cc3)ccc2c1.FC(F)(F)c1cc(Nc2ccc([C@H]3CNCCO3)cc2)c2cccc(C(F)(F)F)c2n1. The summed E-state index contributed by atoms with van der Waals surface area (Å²) in [5.74, 6) is 0.813. The minimum atomic E-state index is -4.90. The van der Waals surface area contributed by atoms with Gasteiger partial charge in [-0.3, -0.25) is 4.98 Å². The van der Waals surface area contributed by atoms with Crippen molar-refractivity contribution >= 4 is 78.6 Å². The predicted octanol–water partition coefficient (Wildman–Crippen LogP) is 13.9. The van der Waals surface area contributed by atoms with Crippen LogP contribution >= 0.6 is 11.6 Å². The van der Waals surface area contributed by atoms with Crippen LogP contribution in [0.2, 0.25) is 5.02 Å². The molecule has 19 heteroatoms. The van der Waals surface area contributed by atoms with Gasteiger partial charge in [-0.1, -0.05) is 78.3 Å². The number of morpholine rings is 3. The van der Waals surface area contributed by atoms with Gasteiger partial charge in [0.05, 0.1) is 71.6 Å². The molecule has 79 heavy (non-hydrogen) atoms. The van der Waals surface area contributed by atoms with Gasteiger partial charge >= 0.3 is 12.4 Å². The van der Waals surface area contributed by atoms with Crippen LogP contribution in [0.1, 0.15) is 52.0 Å². The molecular formula is C60H56ClF6N9O3. The maximum atomic E-state index is 13.4. The van der Waals surface area contributed by atoms with Gasteiger partial charge in [0.1, 0.15) is 11.5 Å². The molecule has 3 aromatic heterocycles. The Bertz CT molecular complexity index is 3490. The van der Waals surface area contributed by atoms with Crippen molar-refractivity contribution in [1.82, 2.24) is 30.9 Å². The van der Waals surface area contributed by atoms with Crippen molar-refractivity contribution in [2.75, 3.05) is 75.0 Å². The summed E-state index contributed by atoms with van der Waals surface area (Å²) < 4.78 is 97.3. The van der Waals surface area contributed by atoms with Crippen molar-refractivity contribution in [3.05, 3.63) is 196 Å². The van der Waals surface area contributed by atoms with E-state index in [-0.39, 0.29) is 29.4 Å². The Balaban J connectivity index is 0.000000135. The zero-order valence-corrected chi connectivity index (χ0v) is 43.6. The molecule has 6 N–H and O–H groups in total. The van der Waals surface area contributed by atoms with Crippen molar-refractivity contribution in [1.29, 1.82) is 0 Å². The largest absolute Gasteiger partial charge is 0.433 e. The van der Waals surface area contributed by atoms with E-state index >= 15 is 0 Å². The summed E-state index contributed by atoms with van der Waals surface area (Å²) in [4.78, 5) is 12.6. The Kier molecular flexibility index (Phi) is 17.2. The van der Waals surface area contributed by atoms with Gasteiger partial charge in [0.2, 0.25) is 0 Å². The number of aryl methyl sites for hydroxylation is 1. The molecule has 0 saturated carbocycles. The molecule has 6 heterocycles. The first-order chi connectivity index (χ1) is 38.2. The number of anilines is 6. The molecule has 3 aliphatic rings. The van der Waals surface area contributed by atoms with E-state index in [9.17, 15) is 26.3 Å². The summed E-state index contributed by atoms with van der Waals surface area (Å²) in [6, 6.07) is 47.5. The zero-order chi connectivity index (χ0) is 54.9.